The van der Waals surface area contributed by atoms with Crippen molar-refractivity contribution >= 4 is 31.8 Å². The molecule has 0 radical (unpaired) electrons. The summed E-state index contributed by atoms with van der Waals surface area (Å²) >= 11 is 0. The molecule has 1 heterocycles. The summed E-state index contributed by atoms with van der Waals surface area (Å²) in [6.07, 6.45) is 0. The van der Waals surface area contributed by atoms with E-state index >= 15 is 0 Å². The second-order valence-electron chi connectivity index (χ2n) is 11.9. The van der Waals surface area contributed by atoms with Crippen LogP contribution in [0.5, 0.6) is 0 Å². The highest BCUT2D eigenvalue weighted by Gasteiger charge is 2.33. The molecule has 5 heteroatoms. The van der Waals surface area contributed by atoms with E-state index in [0.29, 0.717) is 27.8 Å². The molecular weight excluding hydrogens is 629 g/mol. The summed E-state index contributed by atoms with van der Waals surface area (Å²) < 4.78 is 2.13. The van der Waals surface area contributed by atoms with Crippen LogP contribution in [0.1, 0.15) is 16.7 Å². The van der Waals surface area contributed by atoms with Gasteiger partial charge < -0.3 is 4.57 Å². The van der Waals surface area contributed by atoms with Gasteiger partial charge in [0.2, 0.25) is 0 Å². The number of rotatable bonds is 6. The monoisotopic (exact) mass is 656 g/mol. The Morgan fingerprint density at radius 3 is 1.50 bits per heavy atom. The molecule has 0 saturated heterocycles. The smallest absolute Gasteiger partial charge is 0.0998 e. The van der Waals surface area contributed by atoms with Crippen molar-refractivity contribution in [3.05, 3.63) is 187 Å². The number of nitriles is 3. The van der Waals surface area contributed by atoms with Gasteiger partial charge in [-0.15, -0.1) is 10.0 Å². The van der Waals surface area contributed by atoms with Gasteiger partial charge in [0.05, 0.1) is 45.9 Å². The third-order valence-corrected chi connectivity index (χ3v) is 13.1. The van der Waals surface area contributed by atoms with Crippen LogP contribution in [0.4, 0.5) is 0 Å². The number of hydrogen-bond acceptors (Lipinski definition) is 3. The van der Waals surface area contributed by atoms with E-state index in [1.807, 2.05) is 78.9 Å². The molecule has 0 atom stereocenters. The largest absolute Gasteiger partial charge is 0.309 e. The average molecular weight is 657 g/mol. The highest BCUT2D eigenvalue weighted by atomic mass is 32.3. The zero-order chi connectivity index (χ0) is 34.1. The van der Waals surface area contributed by atoms with Crippen LogP contribution in [0.25, 0.3) is 38.6 Å². The quantitative estimate of drug-likeness (QED) is 0.179. The summed E-state index contributed by atoms with van der Waals surface area (Å²) in [6.45, 7) is 0. The fourth-order valence-electron chi connectivity index (χ4n) is 7.05. The number of aromatic nitrogens is 1. The molecule has 7 aromatic carbocycles. The summed E-state index contributed by atoms with van der Waals surface area (Å²) in [5.74, 6) is 0. The lowest BCUT2D eigenvalue weighted by molar-refractivity contribution is 1.18. The highest BCUT2D eigenvalue weighted by Crippen LogP contribution is 2.73. The molecule has 0 amide bonds. The van der Waals surface area contributed by atoms with E-state index in [9.17, 15) is 15.8 Å². The Labute approximate surface area is 292 Å². The van der Waals surface area contributed by atoms with E-state index < -0.39 is 10.0 Å². The van der Waals surface area contributed by atoms with Gasteiger partial charge in [-0.25, -0.2) is 0 Å². The highest BCUT2D eigenvalue weighted by molar-refractivity contribution is 8.34. The van der Waals surface area contributed by atoms with Crippen LogP contribution in [0.15, 0.2) is 189 Å². The summed E-state index contributed by atoms with van der Waals surface area (Å²) in [7, 11) is -1.98. The molecule has 0 bridgehead atoms. The molecule has 4 nitrogen and oxygen atoms in total. The van der Waals surface area contributed by atoms with Gasteiger partial charge in [0, 0.05) is 47.2 Å². The van der Waals surface area contributed by atoms with Gasteiger partial charge in [0.25, 0.3) is 0 Å². The van der Waals surface area contributed by atoms with Crippen LogP contribution in [0.2, 0.25) is 0 Å². The van der Waals surface area contributed by atoms with Crippen molar-refractivity contribution in [2.45, 2.75) is 19.6 Å². The van der Waals surface area contributed by atoms with Gasteiger partial charge in [-0.05, 0) is 84.9 Å². The first-order valence-corrected chi connectivity index (χ1v) is 17.8. The lowest BCUT2D eigenvalue weighted by Gasteiger charge is -2.42. The minimum atomic E-state index is -1.98. The molecule has 1 aromatic heterocycles. The molecule has 0 aliphatic rings. The number of para-hydroxylation sites is 1. The number of benzene rings is 7. The van der Waals surface area contributed by atoms with Gasteiger partial charge >= 0.3 is 0 Å². The molecule has 8 aromatic rings. The Balaban J connectivity index is 1.32. The molecule has 0 aliphatic heterocycles. The topological polar surface area (TPSA) is 76.3 Å². The normalized spacial score (nSPS) is 11.5. The van der Waals surface area contributed by atoms with Gasteiger partial charge in [-0.3, -0.25) is 0 Å². The standard InChI is InChI=1S/C45H28N4S/c46-29-32-20-25-45-43(26-32)42-18-10-11-19-44(42)49(45)35-21-23-40(33(27-35)30-47)41-24-22-39(28-34(41)31-48)50(36-12-4-1-5-13-36,37-14-6-2-7-15-37)38-16-8-3-9-17-38/h1-28H. The predicted molar refractivity (Wildman–Crippen MR) is 200 cm³/mol. The first-order valence-electron chi connectivity index (χ1n) is 16.2. The molecular formula is C45H28N4S. The first kappa shape index (κ1) is 30.5. The zero-order valence-corrected chi connectivity index (χ0v) is 27.7. The number of nitrogens with zero attached hydrogens (tertiary/aromatic N) is 4. The average Bonchev–Trinajstić information content (AvgIpc) is 3.53. The second-order valence-corrected chi connectivity index (χ2v) is 15.0. The van der Waals surface area contributed by atoms with E-state index in [1.54, 1.807) is 0 Å². The van der Waals surface area contributed by atoms with Crippen LogP contribution in [0.3, 0.4) is 0 Å². The molecule has 0 unspecified atom stereocenters. The maximum atomic E-state index is 10.7. The van der Waals surface area contributed by atoms with Crippen LogP contribution < -0.4 is 0 Å². The minimum absolute atomic E-state index is 0.471. The predicted octanol–water partition coefficient (Wildman–Crippen LogP) is 11.4. The molecule has 0 saturated carbocycles. The van der Waals surface area contributed by atoms with Crippen LogP contribution >= 0.6 is 10.0 Å². The molecule has 0 N–H and O–H groups in total. The van der Waals surface area contributed by atoms with Crippen molar-refractivity contribution in [2.24, 2.45) is 0 Å². The van der Waals surface area contributed by atoms with Crippen LogP contribution in [-0.4, -0.2) is 4.57 Å². The Kier molecular flexibility index (Phi) is 7.71. The Morgan fingerprint density at radius 2 is 0.920 bits per heavy atom. The summed E-state index contributed by atoms with van der Waals surface area (Å²) in [6, 6.07) is 64.5. The fourth-order valence-corrected chi connectivity index (χ4v) is 10.9. The molecule has 234 valence electrons. The van der Waals surface area contributed by atoms with Gasteiger partial charge in [0.1, 0.15) is 0 Å². The Bertz CT molecular complexity index is 2580. The first-order chi connectivity index (χ1) is 24.7. The zero-order valence-electron chi connectivity index (χ0n) is 26.9. The van der Waals surface area contributed by atoms with Crippen molar-refractivity contribution in [2.75, 3.05) is 0 Å². The third kappa shape index (κ3) is 4.84. The Morgan fingerprint density at radius 1 is 0.400 bits per heavy atom. The number of hydrogen-bond donors (Lipinski definition) is 0. The summed E-state index contributed by atoms with van der Waals surface area (Å²) in [5, 5.41) is 32.8. The lowest BCUT2D eigenvalue weighted by Crippen LogP contribution is -2.06. The van der Waals surface area contributed by atoms with E-state index in [2.05, 4.69) is 114 Å². The molecule has 0 aliphatic carbocycles. The van der Waals surface area contributed by atoms with E-state index in [1.165, 1.54) is 14.7 Å². The van der Waals surface area contributed by atoms with Crippen molar-refractivity contribution in [3.63, 3.8) is 0 Å². The van der Waals surface area contributed by atoms with E-state index in [-0.39, 0.29) is 0 Å². The van der Waals surface area contributed by atoms with Crippen molar-refractivity contribution in [1.29, 1.82) is 15.8 Å². The van der Waals surface area contributed by atoms with Crippen molar-refractivity contribution < 1.29 is 0 Å². The van der Waals surface area contributed by atoms with Crippen molar-refractivity contribution in [3.8, 4) is 35.0 Å². The minimum Gasteiger partial charge on any atom is -0.309 e. The fraction of sp³-hybridized carbons (Fsp3) is 0. The van der Waals surface area contributed by atoms with E-state index in [4.69, 9.17) is 0 Å². The van der Waals surface area contributed by atoms with E-state index in [0.717, 1.165) is 32.4 Å². The summed E-state index contributed by atoms with van der Waals surface area (Å²) in [4.78, 5) is 4.55. The van der Waals surface area contributed by atoms with Gasteiger partial charge in [-0.1, -0.05) is 84.9 Å². The van der Waals surface area contributed by atoms with Gasteiger partial charge in [0.15, 0.2) is 0 Å². The van der Waals surface area contributed by atoms with Gasteiger partial charge in [-0.2, -0.15) is 15.8 Å². The van der Waals surface area contributed by atoms with Crippen LogP contribution in [0, 0.1) is 34.0 Å². The molecule has 8 rings (SSSR count). The Hall–Kier alpha value is -6.84. The molecule has 0 spiro atoms. The lowest BCUT2D eigenvalue weighted by atomic mass is 9.96. The maximum Gasteiger partial charge on any atom is 0.0998 e. The molecule has 0 fully saturated rings. The SMILES string of the molecule is N#Cc1ccc2c(c1)c1ccccc1n2-c1ccc(-c2ccc(S(c3ccccc3)(c3ccccc3)c3ccccc3)cc2C#N)c(C#N)c1. The third-order valence-electron chi connectivity index (χ3n) is 9.23. The molecule has 50 heavy (non-hydrogen) atoms. The van der Waals surface area contributed by atoms with Crippen molar-refractivity contribution in [1.82, 2.24) is 4.57 Å². The maximum absolute atomic E-state index is 10.7. The number of fused-ring (bicyclic) bond motifs is 3. The second kappa shape index (κ2) is 12.6. The van der Waals surface area contributed by atoms with Crippen LogP contribution in [-0.2, 0) is 0 Å². The summed E-state index contributed by atoms with van der Waals surface area (Å²) in [5.41, 5.74) is 5.75.